The van der Waals surface area contributed by atoms with E-state index in [-0.39, 0.29) is 5.56 Å². The summed E-state index contributed by atoms with van der Waals surface area (Å²) in [5.41, 5.74) is -0.852. The van der Waals surface area contributed by atoms with Crippen LogP contribution >= 0.6 is 0 Å². The molecule has 1 aromatic rings. The third kappa shape index (κ3) is 2.21. The number of ether oxygens (including phenoxy) is 1. The highest BCUT2D eigenvalue weighted by molar-refractivity contribution is 5.23. The quantitative estimate of drug-likeness (QED) is 0.727. The van der Waals surface area contributed by atoms with Gasteiger partial charge in [-0.2, -0.15) is 22.9 Å². The van der Waals surface area contributed by atoms with Crippen molar-refractivity contribution in [2.75, 3.05) is 0 Å². The first-order valence-corrected chi connectivity index (χ1v) is 6.21. The Hall–Kier alpha value is -1.11. The standard InChI is InChI=1S/C14H17F3O3/c1-11(2,3)12(4)18-13(20-19-12,14(15,16)17)10-8-6-5-7-9-10/h5-9H,1-4H3. The molecule has 1 aromatic carbocycles. The van der Waals surface area contributed by atoms with E-state index in [0.29, 0.717) is 0 Å². The molecule has 0 bridgehead atoms. The molecule has 0 aliphatic carbocycles. The molecule has 0 saturated carbocycles. The third-order valence-electron chi connectivity index (χ3n) is 3.55. The molecule has 112 valence electrons. The monoisotopic (exact) mass is 290 g/mol. The van der Waals surface area contributed by atoms with Crippen molar-refractivity contribution in [3.8, 4) is 0 Å². The molecule has 0 amide bonds. The van der Waals surface area contributed by atoms with E-state index in [9.17, 15) is 13.2 Å². The van der Waals surface area contributed by atoms with Crippen molar-refractivity contribution >= 4 is 0 Å². The molecule has 1 aliphatic heterocycles. The zero-order valence-electron chi connectivity index (χ0n) is 11.7. The van der Waals surface area contributed by atoms with Gasteiger partial charge in [0, 0.05) is 11.0 Å². The number of rotatable bonds is 1. The first-order chi connectivity index (χ1) is 9.02. The zero-order chi connectivity index (χ0) is 15.2. The molecule has 2 atom stereocenters. The maximum Gasteiger partial charge on any atom is 0.451 e. The Morgan fingerprint density at radius 3 is 1.90 bits per heavy atom. The van der Waals surface area contributed by atoms with Gasteiger partial charge in [0.1, 0.15) is 0 Å². The predicted molar refractivity (Wildman–Crippen MR) is 65.3 cm³/mol. The van der Waals surface area contributed by atoms with Gasteiger partial charge in [-0.3, -0.25) is 0 Å². The van der Waals surface area contributed by atoms with E-state index in [1.165, 1.54) is 31.2 Å². The fourth-order valence-electron chi connectivity index (χ4n) is 1.76. The van der Waals surface area contributed by atoms with Gasteiger partial charge in [0.2, 0.25) is 5.79 Å². The first kappa shape index (κ1) is 15.3. The van der Waals surface area contributed by atoms with E-state index < -0.39 is 23.2 Å². The Labute approximate surface area is 115 Å². The molecule has 0 spiro atoms. The van der Waals surface area contributed by atoms with Crippen molar-refractivity contribution < 1.29 is 27.7 Å². The molecule has 1 saturated heterocycles. The van der Waals surface area contributed by atoms with Crippen molar-refractivity contribution in [3.05, 3.63) is 35.9 Å². The van der Waals surface area contributed by atoms with Gasteiger partial charge in [-0.05, 0) is 6.92 Å². The summed E-state index contributed by atoms with van der Waals surface area (Å²) in [5.74, 6) is -4.42. The van der Waals surface area contributed by atoms with E-state index in [0.717, 1.165) is 0 Å². The van der Waals surface area contributed by atoms with Crippen LogP contribution in [0, 0.1) is 5.41 Å². The SMILES string of the molecule is CC(C)(C)C1(C)OOC(c2ccccc2)(C(F)(F)F)O1. The summed E-state index contributed by atoms with van der Waals surface area (Å²) < 4.78 is 45.8. The molecule has 0 N–H and O–H groups in total. The van der Waals surface area contributed by atoms with E-state index in [2.05, 4.69) is 4.89 Å². The van der Waals surface area contributed by atoms with Crippen molar-refractivity contribution in [2.24, 2.45) is 5.41 Å². The molecular weight excluding hydrogens is 273 g/mol. The summed E-state index contributed by atoms with van der Waals surface area (Å²) >= 11 is 0. The van der Waals surface area contributed by atoms with Crippen molar-refractivity contribution in [2.45, 2.75) is 45.4 Å². The Bertz CT molecular complexity index is 481. The first-order valence-electron chi connectivity index (χ1n) is 6.21. The molecule has 2 unspecified atom stereocenters. The molecule has 1 aliphatic rings. The summed E-state index contributed by atoms with van der Waals surface area (Å²) in [6, 6.07) is 7.19. The summed E-state index contributed by atoms with van der Waals surface area (Å²) in [4.78, 5) is 9.65. The highest BCUT2D eigenvalue weighted by atomic mass is 19.4. The van der Waals surface area contributed by atoms with Gasteiger partial charge >= 0.3 is 12.0 Å². The fraction of sp³-hybridized carbons (Fsp3) is 0.571. The van der Waals surface area contributed by atoms with E-state index in [1.807, 2.05) is 0 Å². The minimum atomic E-state index is -4.77. The molecule has 2 rings (SSSR count). The van der Waals surface area contributed by atoms with Crippen LogP contribution in [0.15, 0.2) is 30.3 Å². The second-order valence-corrected chi connectivity index (χ2v) is 5.94. The van der Waals surface area contributed by atoms with Gasteiger partial charge in [-0.25, -0.2) is 0 Å². The van der Waals surface area contributed by atoms with Gasteiger partial charge in [0.05, 0.1) is 0 Å². The van der Waals surface area contributed by atoms with E-state index in [1.54, 1.807) is 26.8 Å². The van der Waals surface area contributed by atoms with Crippen LogP contribution in [0.25, 0.3) is 0 Å². The minimum Gasteiger partial charge on any atom is -0.301 e. The van der Waals surface area contributed by atoms with E-state index >= 15 is 0 Å². The normalized spacial score (nSPS) is 31.6. The molecule has 20 heavy (non-hydrogen) atoms. The lowest BCUT2D eigenvalue weighted by Gasteiger charge is -2.36. The van der Waals surface area contributed by atoms with Crippen LogP contribution in [-0.4, -0.2) is 12.0 Å². The highest BCUT2D eigenvalue weighted by Gasteiger charge is 2.69. The van der Waals surface area contributed by atoms with Crippen LogP contribution in [0.2, 0.25) is 0 Å². The number of benzene rings is 1. The maximum absolute atomic E-state index is 13.5. The lowest BCUT2D eigenvalue weighted by atomic mass is 9.86. The number of halogens is 3. The molecule has 3 nitrogen and oxygen atoms in total. The van der Waals surface area contributed by atoms with E-state index in [4.69, 9.17) is 9.62 Å². The topological polar surface area (TPSA) is 27.7 Å². The Balaban J connectivity index is 2.49. The predicted octanol–water partition coefficient (Wildman–Crippen LogP) is 4.14. The second kappa shape index (κ2) is 4.44. The smallest absolute Gasteiger partial charge is 0.301 e. The van der Waals surface area contributed by atoms with Crippen molar-refractivity contribution in [1.82, 2.24) is 0 Å². The average Bonchev–Trinajstić information content (AvgIpc) is 2.70. The molecule has 6 heteroatoms. The average molecular weight is 290 g/mol. The molecule has 1 fully saturated rings. The largest absolute Gasteiger partial charge is 0.451 e. The van der Waals surface area contributed by atoms with Gasteiger partial charge in [0.15, 0.2) is 0 Å². The molecule has 0 radical (unpaired) electrons. The van der Waals surface area contributed by atoms with Crippen LogP contribution < -0.4 is 0 Å². The fourth-order valence-corrected chi connectivity index (χ4v) is 1.76. The second-order valence-electron chi connectivity index (χ2n) is 5.94. The van der Waals surface area contributed by atoms with Crippen molar-refractivity contribution in [1.29, 1.82) is 0 Å². The molecule has 1 heterocycles. The van der Waals surface area contributed by atoms with Crippen LogP contribution in [0.1, 0.15) is 33.3 Å². The Morgan fingerprint density at radius 2 is 1.50 bits per heavy atom. The zero-order valence-corrected chi connectivity index (χ0v) is 11.7. The lowest BCUT2D eigenvalue weighted by Crippen LogP contribution is -2.48. The summed E-state index contributed by atoms with van der Waals surface area (Å²) in [7, 11) is 0. The Kier molecular flexibility index (Phi) is 3.40. The summed E-state index contributed by atoms with van der Waals surface area (Å²) in [6.45, 7) is 6.58. The van der Waals surface area contributed by atoms with Gasteiger partial charge in [-0.1, -0.05) is 51.1 Å². The summed E-state index contributed by atoms with van der Waals surface area (Å²) in [5, 5.41) is 0. The van der Waals surface area contributed by atoms with Crippen LogP contribution in [0.3, 0.4) is 0 Å². The van der Waals surface area contributed by atoms with Crippen LogP contribution in [-0.2, 0) is 20.3 Å². The van der Waals surface area contributed by atoms with Crippen molar-refractivity contribution in [3.63, 3.8) is 0 Å². The number of alkyl halides is 3. The third-order valence-corrected chi connectivity index (χ3v) is 3.55. The van der Waals surface area contributed by atoms with Crippen LogP contribution in [0.5, 0.6) is 0 Å². The van der Waals surface area contributed by atoms with Gasteiger partial charge in [-0.15, -0.1) is 0 Å². The number of hydrogen-bond donors (Lipinski definition) is 0. The molecular formula is C14H17F3O3. The minimum absolute atomic E-state index is 0.152. The summed E-state index contributed by atoms with van der Waals surface area (Å²) in [6.07, 6.45) is -4.77. The van der Waals surface area contributed by atoms with Gasteiger partial charge < -0.3 is 4.74 Å². The maximum atomic E-state index is 13.5. The number of hydrogen-bond acceptors (Lipinski definition) is 3. The van der Waals surface area contributed by atoms with Gasteiger partial charge in [0.25, 0.3) is 0 Å². The van der Waals surface area contributed by atoms with Crippen LogP contribution in [0.4, 0.5) is 13.2 Å². The Morgan fingerprint density at radius 1 is 0.950 bits per heavy atom. The highest BCUT2D eigenvalue weighted by Crippen LogP contribution is 2.54. The molecule has 0 aromatic heterocycles. The lowest BCUT2D eigenvalue weighted by molar-refractivity contribution is -0.422.